The number of nitrogens with zero attached hydrogens (tertiary/aromatic N) is 1. The average molecular weight is 318 g/mol. The average Bonchev–Trinajstić information content (AvgIpc) is 3.27. The molecule has 2 aliphatic rings. The highest BCUT2D eigenvalue weighted by atomic mass is 16.3. The molecule has 2 fully saturated rings. The quantitative estimate of drug-likeness (QED) is 0.833. The minimum atomic E-state index is 0.175. The molecule has 2 saturated carbocycles. The predicted octanol–water partition coefficient (Wildman–Crippen LogP) is 3.72. The monoisotopic (exact) mass is 318 g/mol. The van der Waals surface area contributed by atoms with Crippen LogP contribution in [0.2, 0.25) is 0 Å². The first-order valence-electron chi connectivity index (χ1n) is 9.34. The summed E-state index contributed by atoms with van der Waals surface area (Å²) < 4.78 is 5.49. The number of carbonyl (C=O) groups is 1. The van der Waals surface area contributed by atoms with Crippen molar-refractivity contribution in [2.24, 2.45) is 5.92 Å². The molecular formula is C19H30N2O2. The summed E-state index contributed by atoms with van der Waals surface area (Å²) in [6.45, 7) is 2.10. The molecule has 0 saturated heterocycles. The van der Waals surface area contributed by atoms with Gasteiger partial charge in [0.1, 0.15) is 5.76 Å². The van der Waals surface area contributed by atoms with E-state index in [1.165, 1.54) is 57.8 Å². The van der Waals surface area contributed by atoms with Crippen molar-refractivity contribution in [2.45, 2.75) is 70.4 Å². The Hall–Kier alpha value is -1.29. The number of rotatable bonds is 7. The van der Waals surface area contributed by atoms with Crippen LogP contribution in [0.3, 0.4) is 0 Å². The van der Waals surface area contributed by atoms with Crippen LogP contribution >= 0.6 is 0 Å². The van der Waals surface area contributed by atoms with Crippen molar-refractivity contribution in [1.29, 1.82) is 0 Å². The van der Waals surface area contributed by atoms with E-state index in [4.69, 9.17) is 4.42 Å². The fourth-order valence-corrected chi connectivity index (χ4v) is 4.08. The van der Waals surface area contributed by atoms with Crippen LogP contribution in [0.25, 0.3) is 0 Å². The first-order chi connectivity index (χ1) is 11.3. The Balaban J connectivity index is 1.48. The lowest BCUT2D eigenvalue weighted by Crippen LogP contribution is -2.42. The van der Waals surface area contributed by atoms with Crippen molar-refractivity contribution in [3.8, 4) is 0 Å². The van der Waals surface area contributed by atoms with Crippen LogP contribution in [-0.2, 0) is 11.3 Å². The molecule has 1 aromatic rings. The van der Waals surface area contributed by atoms with E-state index in [1.54, 1.807) is 6.26 Å². The lowest BCUT2D eigenvalue weighted by molar-refractivity contribution is -0.123. The van der Waals surface area contributed by atoms with Gasteiger partial charge in [0.05, 0.1) is 19.4 Å². The van der Waals surface area contributed by atoms with Crippen LogP contribution in [0.4, 0.5) is 0 Å². The normalized spacial score (nSPS) is 20.2. The van der Waals surface area contributed by atoms with Crippen LogP contribution in [0.15, 0.2) is 22.8 Å². The van der Waals surface area contributed by atoms with Gasteiger partial charge in [-0.05, 0) is 43.7 Å². The molecule has 1 aromatic heterocycles. The molecular weight excluding hydrogens is 288 g/mol. The predicted molar refractivity (Wildman–Crippen MR) is 91.0 cm³/mol. The van der Waals surface area contributed by atoms with Crippen molar-refractivity contribution >= 4 is 5.91 Å². The van der Waals surface area contributed by atoms with Crippen molar-refractivity contribution in [3.05, 3.63) is 24.2 Å². The third-order valence-corrected chi connectivity index (χ3v) is 5.44. The van der Waals surface area contributed by atoms with Gasteiger partial charge in [0.15, 0.2) is 0 Å². The maximum Gasteiger partial charge on any atom is 0.234 e. The van der Waals surface area contributed by atoms with Gasteiger partial charge in [-0.25, -0.2) is 0 Å². The standard InChI is InChI=1S/C19H30N2O2/c22-19(20-13-16-7-2-1-3-8-16)15-21(17-9-4-5-10-17)14-18-11-6-12-23-18/h6,11-12,16-17H,1-5,7-10,13-15H2,(H,20,22). The van der Waals surface area contributed by atoms with Gasteiger partial charge < -0.3 is 9.73 Å². The van der Waals surface area contributed by atoms with E-state index < -0.39 is 0 Å². The van der Waals surface area contributed by atoms with Gasteiger partial charge in [-0.1, -0.05) is 32.1 Å². The molecule has 4 heteroatoms. The summed E-state index contributed by atoms with van der Waals surface area (Å²) >= 11 is 0. The number of furan rings is 1. The molecule has 128 valence electrons. The summed E-state index contributed by atoms with van der Waals surface area (Å²) in [5.74, 6) is 1.82. The van der Waals surface area contributed by atoms with E-state index in [2.05, 4.69) is 10.2 Å². The van der Waals surface area contributed by atoms with Crippen molar-refractivity contribution < 1.29 is 9.21 Å². The summed E-state index contributed by atoms with van der Waals surface area (Å²) in [5, 5.41) is 3.17. The minimum absolute atomic E-state index is 0.175. The van der Waals surface area contributed by atoms with Gasteiger partial charge in [-0.2, -0.15) is 0 Å². The maximum absolute atomic E-state index is 12.4. The molecule has 0 atom stereocenters. The van der Waals surface area contributed by atoms with Gasteiger partial charge in [0.2, 0.25) is 5.91 Å². The molecule has 0 aliphatic heterocycles. The molecule has 0 radical (unpaired) electrons. The second kappa shape index (κ2) is 8.53. The maximum atomic E-state index is 12.4. The molecule has 0 unspecified atom stereocenters. The van der Waals surface area contributed by atoms with E-state index in [1.807, 2.05) is 12.1 Å². The zero-order valence-electron chi connectivity index (χ0n) is 14.1. The Bertz CT molecular complexity index is 460. The molecule has 23 heavy (non-hydrogen) atoms. The van der Waals surface area contributed by atoms with Crippen LogP contribution in [0, 0.1) is 5.92 Å². The molecule has 3 rings (SSSR count). The first kappa shape index (κ1) is 16.6. The molecule has 0 spiro atoms. The fourth-order valence-electron chi connectivity index (χ4n) is 4.08. The summed E-state index contributed by atoms with van der Waals surface area (Å²) in [5.41, 5.74) is 0. The number of nitrogens with one attached hydrogen (secondary N) is 1. The third kappa shape index (κ3) is 5.10. The van der Waals surface area contributed by atoms with Crippen molar-refractivity contribution in [2.75, 3.05) is 13.1 Å². The largest absolute Gasteiger partial charge is 0.468 e. The smallest absolute Gasteiger partial charge is 0.234 e. The summed E-state index contributed by atoms with van der Waals surface area (Å²) in [4.78, 5) is 14.7. The fraction of sp³-hybridized carbons (Fsp3) is 0.737. The lowest BCUT2D eigenvalue weighted by atomic mass is 9.89. The Morgan fingerprint density at radius 1 is 1.13 bits per heavy atom. The molecule has 1 heterocycles. The van der Waals surface area contributed by atoms with E-state index in [0.29, 0.717) is 18.5 Å². The zero-order chi connectivity index (χ0) is 15.9. The third-order valence-electron chi connectivity index (χ3n) is 5.44. The molecule has 1 amide bonds. The zero-order valence-corrected chi connectivity index (χ0v) is 14.1. The van der Waals surface area contributed by atoms with Crippen LogP contribution in [-0.4, -0.2) is 29.9 Å². The summed E-state index contributed by atoms with van der Waals surface area (Å²) in [7, 11) is 0. The van der Waals surface area contributed by atoms with Crippen LogP contribution in [0.5, 0.6) is 0 Å². The second-order valence-corrected chi connectivity index (χ2v) is 7.23. The molecule has 0 aromatic carbocycles. The Morgan fingerprint density at radius 3 is 2.57 bits per heavy atom. The Kier molecular flexibility index (Phi) is 6.14. The van der Waals surface area contributed by atoms with Crippen molar-refractivity contribution in [3.63, 3.8) is 0 Å². The molecule has 4 nitrogen and oxygen atoms in total. The van der Waals surface area contributed by atoms with Gasteiger partial charge in [0.25, 0.3) is 0 Å². The van der Waals surface area contributed by atoms with Gasteiger partial charge in [0, 0.05) is 12.6 Å². The molecule has 2 aliphatic carbocycles. The highest BCUT2D eigenvalue weighted by molar-refractivity contribution is 5.78. The highest BCUT2D eigenvalue weighted by Crippen LogP contribution is 2.25. The van der Waals surface area contributed by atoms with Crippen molar-refractivity contribution in [1.82, 2.24) is 10.2 Å². The van der Waals surface area contributed by atoms with E-state index in [-0.39, 0.29) is 5.91 Å². The van der Waals surface area contributed by atoms with E-state index in [9.17, 15) is 4.79 Å². The summed E-state index contributed by atoms with van der Waals surface area (Å²) in [6, 6.07) is 4.45. The minimum Gasteiger partial charge on any atom is -0.468 e. The SMILES string of the molecule is O=C(CN(Cc1ccco1)C1CCCC1)NCC1CCCCC1. The number of hydrogen-bond acceptors (Lipinski definition) is 3. The molecule has 0 bridgehead atoms. The van der Waals surface area contributed by atoms with Gasteiger partial charge in [-0.15, -0.1) is 0 Å². The van der Waals surface area contributed by atoms with Crippen LogP contribution < -0.4 is 5.32 Å². The highest BCUT2D eigenvalue weighted by Gasteiger charge is 2.25. The number of hydrogen-bond donors (Lipinski definition) is 1. The van der Waals surface area contributed by atoms with E-state index >= 15 is 0 Å². The topological polar surface area (TPSA) is 45.5 Å². The van der Waals surface area contributed by atoms with Crippen LogP contribution in [0.1, 0.15) is 63.5 Å². The second-order valence-electron chi connectivity index (χ2n) is 7.23. The Morgan fingerprint density at radius 2 is 1.87 bits per heavy atom. The molecule has 1 N–H and O–H groups in total. The number of amides is 1. The number of carbonyl (C=O) groups excluding carboxylic acids is 1. The Labute approximate surface area is 139 Å². The van der Waals surface area contributed by atoms with E-state index in [0.717, 1.165) is 18.8 Å². The lowest BCUT2D eigenvalue weighted by Gasteiger charge is -2.28. The van der Waals surface area contributed by atoms with Gasteiger partial charge >= 0.3 is 0 Å². The first-order valence-corrected chi connectivity index (χ1v) is 9.34. The summed E-state index contributed by atoms with van der Waals surface area (Å²) in [6.07, 6.45) is 13.3. The van der Waals surface area contributed by atoms with Gasteiger partial charge in [-0.3, -0.25) is 9.69 Å².